The van der Waals surface area contributed by atoms with E-state index in [0.29, 0.717) is 12.0 Å². The van der Waals surface area contributed by atoms with Gasteiger partial charge in [0.15, 0.2) is 0 Å². The maximum atomic E-state index is 14.2. The first-order valence-corrected chi connectivity index (χ1v) is 10.1. The van der Waals surface area contributed by atoms with Crippen molar-refractivity contribution in [1.82, 2.24) is 0 Å². The first-order valence-electron chi connectivity index (χ1n) is 7.97. The Hall–Kier alpha value is -2.11. The number of hydrogen-bond acceptors (Lipinski definition) is 3. The quantitative estimate of drug-likeness (QED) is 0.596. The monoisotopic (exact) mass is 369 g/mol. The van der Waals surface area contributed by atoms with E-state index < -0.39 is 0 Å². The summed E-state index contributed by atoms with van der Waals surface area (Å²) in [7, 11) is 0. The average Bonchev–Trinajstić information content (AvgIpc) is 3.05. The average molecular weight is 369 g/mol. The van der Waals surface area contributed by atoms with Gasteiger partial charge in [0.1, 0.15) is 5.82 Å². The van der Waals surface area contributed by atoms with E-state index in [-0.39, 0.29) is 17.6 Å². The molecule has 2 nitrogen and oxygen atoms in total. The third kappa shape index (κ3) is 2.98. The van der Waals surface area contributed by atoms with E-state index in [1.54, 1.807) is 35.2 Å². The molecule has 2 heterocycles. The van der Waals surface area contributed by atoms with Crippen LogP contribution in [0.15, 0.2) is 58.8 Å². The molecule has 0 radical (unpaired) electrons. The van der Waals surface area contributed by atoms with Crippen molar-refractivity contribution in [3.8, 4) is 11.1 Å². The molecular weight excluding hydrogens is 353 g/mol. The number of hydrogen-bond donors (Lipinski definition) is 1. The molecule has 0 aliphatic carbocycles. The Balaban J connectivity index is 1.80. The topological polar surface area (TPSA) is 29.1 Å². The van der Waals surface area contributed by atoms with Gasteiger partial charge in [0.2, 0.25) is 5.91 Å². The molecule has 0 unspecified atom stereocenters. The van der Waals surface area contributed by atoms with Gasteiger partial charge in [-0.3, -0.25) is 4.79 Å². The van der Waals surface area contributed by atoms with Crippen molar-refractivity contribution < 1.29 is 9.18 Å². The van der Waals surface area contributed by atoms with Gasteiger partial charge in [-0.1, -0.05) is 30.3 Å². The zero-order valence-corrected chi connectivity index (χ0v) is 15.2. The SMILES string of the molecule is CSc1ccc([C@H]2CC(=O)Nc3c(-c4ccccc4F)csc32)cc1. The number of anilines is 1. The molecule has 1 aliphatic rings. The van der Waals surface area contributed by atoms with Crippen LogP contribution in [0.5, 0.6) is 0 Å². The normalized spacial score (nSPS) is 16.4. The van der Waals surface area contributed by atoms with E-state index >= 15 is 0 Å². The third-order valence-corrected chi connectivity index (χ3v) is 6.31. The lowest BCUT2D eigenvalue weighted by atomic mass is 9.89. The lowest BCUT2D eigenvalue weighted by Crippen LogP contribution is -2.22. The molecule has 1 aromatic heterocycles. The van der Waals surface area contributed by atoms with Crippen LogP contribution in [-0.2, 0) is 4.79 Å². The van der Waals surface area contributed by atoms with Gasteiger partial charge < -0.3 is 5.32 Å². The van der Waals surface area contributed by atoms with Crippen molar-refractivity contribution in [3.05, 3.63) is 70.2 Å². The summed E-state index contributed by atoms with van der Waals surface area (Å²) in [4.78, 5) is 14.6. The van der Waals surface area contributed by atoms with Crippen LogP contribution in [-0.4, -0.2) is 12.2 Å². The Kier molecular flexibility index (Phi) is 4.36. The van der Waals surface area contributed by atoms with Crippen LogP contribution < -0.4 is 5.32 Å². The van der Waals surface area contributed by atoms with Gasteiger partial charge in [0.05, 0.1) is 5.69 Å². The fraction of sp³-hybridized carbons (Fsp3) is 0.150. The second kappa shape index (κ2) is 6.65. The number of thioether (sulfide) groups is 1. The zero-order valence-electron chi connectivity index (χ0n) is 13.6. The fourth-order valence-corrected chi connectivity index (χ4v) is 4.77. The van der Waals surface area contributed by atoms with E-state index in [1.807, 2.05) is 17.7 Å². The second-order valence-electron chi connectivity index (χ2n) is 5.95. The van der Waals surface area contributed by atoms with Gasteiger partial charge >= 0.3 is 0 Å². The Bertz CT molecular complexity index is 933. The predicted octanol–water partition coefficient (Wildman–Crippen LogP) is 5.75. The number of carbonyl (C=O) groups excluding carboxylic acids is 1. The maximum Gasteiger partial charge on any atom is 0.225 e. The number of amides is 1. The van der Waals surface area contributed by atoms with Crippen LogP contribution in [0, 0.1) is 5.82 Å². The van der Waals surface area contributed by atoms with Crippen molar-refractivity contribution in [2.24, 2.45) is 0 Å². The molecule has 3 aromatic rings. The van der Waals surface area contributed by atoms with Crippen LogP contribution in [0.25, 0.3) is 11.1 Å². The first kappa shape index (κ1) is 16.4. The molecule has 1 aliphatic heterocycles. The van der Waals surface area contributed by atoms with E-state index in [0.717, 1.165) is 21.7 Å². The van der Waals surface area contributed by atoms with Gasteiger partial charge in [-0.05, 0) is 30.0 Å². The van der Waals surface area contributed by atoms with E-state index in [9.17, 15) is 9.18 Å². The minimum Gasteiger partial charge on any atom is -0.325 e. The summed E-state index contributed by atoms with van der Waals surface area (Å²) in [6.07, 6.45) is 2.46. The lowest BCUT2D eigenvalue weighted by molar-refractivity contribution is -0.116. The highest BCUT2D eigenvalue weighted by Gasteiger charge is 2.30. The minimum atomic E-state index is -0.274. The van der Waals surface area contributed by atoms with Crippen LogP contribution in [0.1, 0.15) is 22.8 Å². The van der Waals surface area contributed by atoms with Crippen molar-refractivity contribution in [2.45, 2.75) is 17.2 Å². The number of fused-ring (bicyclic) bond motifs is 1. The smallest absolute Gasteiger partial charge is 0.225 e. The summed E-state index contributed by atoms with van der Waals surface area (Å²) in [5, 5.41) is 4.90. The predicted molar refractivity (Wildman–Crippen MR) is 103 cm³/mol. The molecule has 1 amide bonds. The molecule has 0 saturated carbocycles. The molecule has 1 N–H and O–H groups in total. The Morgan fingerprint density at radius 2 is 1.88 bits per heavy atom. The molecule has 126 valence electrons. The molecular formula is C20H16FNOS2. The number of benzene rings is 2. The van der Waals surface area contributed by atoms with E-state index in [2.05, 4.69) is 29.6 Å². The highest BCUT2D eigenvalue weighted by Crippen LogP contribution is 2.47. The zero-order chi connectivity index (χ0) is 17.4. The summed E-state index contributed by atoms with van der Waals surface area (Å²) < 4.78 is 14.2. The molecule has 2 aromatic carbocycles. The lowest BCUT2D eigenvalue weighted by Gasteiger charge is -2.24. The number of thiophene rings is 1. The molecule has 5 heteroatoms. The number of rotatable bonds is 3. The van der Waals surface area contributed by atoms with Gasteiger partial charge in [0, 0.05) is 38.6 Å². The number of carbonyl (C=O) groups is 1. The third-order valence-electron chi connectivity index (χ3n) is 4.47. The number of halogens is 1. The second-order valence-corrected chi connectivity index (χ2v) is 7.74. The van der Waals surface area contributed by atoms with Gasteiger partial charge in [0.25, 0.3) is 0 Å². The van der Waals surface area contributed by atoms with Gasteiger partial charge in [-0.2, -0.15) is 0 Å². The largest absolute Gasteiger partial charge is 0.325 e. The summed E-state index contributed by atoms with van der Waals surface area (Å²) in [5.74, 6) is -0.281. The summed E-state index contributed by atoms with van der Waals surface area (Å²) in [5.41, 5.74) is 3.16. The van der Waals surface area contributed by atoms with Crippen molar-refractivity contribution in [1.29, 1.82) is 0 Å². The van der Waals surface area contributed by atoms with Crippen LogP contribution >= 0.6 is 23.1 Å². The number of nitrogens with one attached hydrogen (secondary N) is 1. The Morgan fingerprint density at radius 3 is 2.60 bits per heavy atom. The molecule has 1 atom stereocenters. The molecule has 4 rings (SSSR count). The minimum absolute atomic E-state index is 0.0187. The molecule has 0 saturated heterocycles. The standard InChI is InChI=1S/C20H16FNOS2/c1-24-13-8-6-12(7-9-13)15-10-18(23)22-19-16(11-25-20(15)19)14-4-2-3-5-17(14)21/h2-9,11,15H,10H2,1H3,(H,22,23)/t15-/m1/s1. The molecule has 0 bridgehead atoms. The molecule has 0 spiro atoms. The Morgan fingerprint density at radius 1 is 1.12 bits per heavy atom. The van der Waals surface area contributed by atoms with Gasteiger partial charge in [-0.15, -0.1) is 23.1 Å². The summed E-state index contributed by atoms with van der Waals surface area (Å²) in [6.45, 7) is 0. The van der Waals surface area contributed by atoms with Crippen molar-refractivity contribution in [2.75, 3.05) is 11.6 Å². The maximum absolute atomic E-state index is 14.2. The summed E-state index contributed by atoms with van der Waals surface area (Å²) >= 11 is 3.28. The van der Waals surface area contributed by atoms with Gasteiger partial charge in [-0.25, -0.2) is 4.39 Å². The van der Waals surface area contributed by atoms with E-state index in [1.165, 1.54) is 11.0 Å². The Labute approximate surface area is 154 Å². The summed E-state index contributed by atoms with van der Waals surface area (Å²) in [6, 6.07) is 15.0. The highest BCUT2D eigenvalue weighted by atomic mass is 32.2. The van der Waals surface area contributed by atoms with E-state index in [4.69, 9.17) is 0 Å². The van der Waals surface area contributed by atoms with Crippen LogP contribution in [0.4, 0.5) is 10.1 Å². The highest BCUT2D eigenvalue weighted by molar-refractivity contribution is 7.98. The van der Waals surface area contributed by atoms with Crippen LogP contribution in [0.2, 0.25) is 0 Å². The molecule has 0 fully saturated rings. The molecule has 25 heavy (non-hydrogen) atoms. The first-order chi connectivity index (χ1) is 12.2. The van der Waals surface area contributed by atoms with Crippen LogP contribution in [0.3, 0.4) is 0 Å². The fourth-order valence-electron chi connectivity index (χ4n) is 3.21. The van der Waals surface area contributed by atoms with Crippen molar-refractivity contribution >= 4 is 34.7 Å². The van der Waals surface area contributed by atoms with Crippen molar-refractivity contribution in [3.63, 3.8) is 0 Å².